The van der Waals surface area contributed by atoms with Crippen molar-refractivity contribution in [1.29, 1.82) is 0 Å². The number of hydrogen-bond donors (Lipinski definition) is 3. The number of carbonyl (C=O) groups is 2. The molecule has 1 amide bonds. The van der Waals surface area contributed by atoms with Gasteiger partial charge in [0.05, 0.1) is 6.42 Å². The molecule has 3 N–H and O–H groups in total. The summed E-state index contributed by atoms with van der Waals surface area (Å²) in [5, 5.41) is 19.4. The van der Waals surface area contributed by atoms with Gasteiger partial charge in [-0.3, -0.25) is 9.59 Å². The van der Waals surface area contributed by atoms with Gasteiger partial charge in [0.2, 0.25) is 5.91 Å². The standard InChI is InChI=1S/C8H15NO4/c1-6(4-5-10)9-7(11)2-3-8(12)13/h6,10H,2-5H2,1H3,(H,9,11)(H,12,13). The molecule has 0 heterocycles. The van der Waals surface area contributed by atoms with Crippen LogP contribution in [-0.2, 0) is 9.59 Å². The van der Waals surface area contributed by atoms with Crippen LogP contribution < -0.4 is 5.32 Å². The van der Waals surface area contributed by atoms with Crippen molar-refractivity contribution < 1.29 is 19.8 Å². The van der Waals surface area contributed by atoms with E-state index in [-0.39, 0.29) is 31.4 Å². The smallest absolute Gasteiger partial charge is 0.303 e. The number of carboxylic acids is 1. The quantitative estimate of drug-likeness (QED) is 0.537. The number of nitrogens with one attached hydrogen (secondary N) is 1. The van der Waals surface area contributed by atoms with Crippen molar-refractivity contribution in [1.82, 2.24) is 5.32 Å². The molecule has 5 nitrogen and oxygen atoms in total. The SMILES string of the molecule is CC(CCO)NC(=O)CCC(=O)O. The topological polar surface area (TPSA) is 86.6 Å². The highest BCUT2D eigenvalue weighted by Gasteiger charge is 2.08. The number of aliphatic hydroxyl groups is 1. The second-order valence-corrected chi connectivity index (χ2v) is 2.87. The van der Waals surface area contributed by atoms with Crippen LogP contribution in [0.25, 0.3) is 0 Å². The summed E-state index contributed by atoms with van der Waals surface area (Å²) < 4.78 is 0. The molecular formula is C8H15NO4. The molecule has 5 heteroatoms. The summed E-state index contributed by atoms with van der Waals surface area (Å²) in [6.45, 7) is 1.77. The third kappa shape index (κ3) is 7.27. The second kappa shape index (κ2) is 6.42. The first-order valence-corrected chi connectivity index (χ1v) is 4.18. The van der Waals surface area contributed by atoms with Gasteiger partial charge in [0, 0.05) is 19.1 Å². The number of carbonyl (C=O) groups excluding carboxylic acids is 1. The minimum Gasteiger partial charge on any atom is -0.481 e. The first-order chi connectivity index (χ1) is 6.06. The Bertz CT molecular complexity index is 181. The van der Waals surface area contributed by atoms with E-state index >= 15 is 0 Å². The maximum atomic E-state index is 11.0. The number of aliphatic hydroxyl groups excluding tert-OH is 1. The number of aliphatic carboxylic acids is 1. The van der Waals surface area contributed by atoms with Crippen LogP contribution in [0.1, 0.15) is 26.2 Å². The Hall–Kier alpha value is -1.10. The second-order valence-electron chi connectivity index (χ2n) is 2.87. The summed E-state index contributed by atoms with van der Waals surface area (Å²) >= 11 is 0. The van der Waals surface area contributed by atoms with E-state index in [4.69, 9.17) is 10.2 Å². The molecule has 76 valence electrons. The predicted molar refractivity (Wildman–Crippen MR) is 46.2 cm³/mol. The van der Waals surface area contributed by atoms with Crippen LogP contribution in [0.5, 0.6) is 0 Å². The highest BCUT2D eigenvalue weighted by molar-refractivity contribution is 5.80. The van der Waals surface area contributed by atoms with Crippen molar-refractivity contribution in [3.63, 3.8) is 0 Å². The van der Waals surface area contributed by atoms with Gasteiger partial charge in [-0.1, -0.05) is 0 Å². The van der Waals surface area contributed by atoms with Crippen molar-refractivity contribution in [3.05, 3.63) is 0 Å². The number of carboxylic acid groups (broad SMARTS) is 1. The molecule has 0 aliphatic rings. The molecular weight excluding hydrogens is 174 g/mol. The molecule has 0 spiro atoms. The monoisotopic (exact) mass is 189 g/mol. The lowest BCUT2D eigenvalue weighted by molar-refractivity contribution is -0.138. The van der Waals surface area contributed by atoms with Gasteiger partial charge >= 0.3 is 5.97 Å². The van der Waals surface area contributed by atoms with Gasteiger partial charge in [-0.25, -0.2) is 0 Å². The fourth-order valence-corrected chi connectivity index (χ4v) is 0.833. The normalized spacial score (nSPS) is 12.2. The van der Waals surface area contributed by atoms with Crippen LogP contribution in [0.2, 0.25) is 0 Å². The molecule has 0 saturated carbocycles. The molecule has 0 saturated heterocycles. The fraction of sp³-hybridized carbons (Fsp3) is 0.750. The predicted octanol–water partition coefficient (Wildman–Crippen LogP) is -0.262. The highest BCUT2D eigenvalue weighted by atomic mass is 16.4. The van der Waals surface area contributed by atoms with Crippen LogP contribution in [0, 0.1) is 0 Å². The lowest BCUT2D eigenvalue weighted by atomic mass is 10.2. The van der Waals surface area contributed by atoms with Gasteiger partial charge in [0.15, 0.2) is 0 Å². The van der Waals surface area contributed by atoms with Gasteiger partial charge in [-0.2, -0.15) is 0 Å². The number of amides is 1. The van der Waals surface area contributed by atoms with E-state index in [1.54, 1.807) is 6.92 Å². The van der Waals surface area contributed by atoms with Crippen molar-refractivity contribution >= 4 is 11.9 Å². The molecule has 1 unspecified atom stereocenters. The minimum atomic E-state index is -0.982. The van der Waals surface area contributed by atoms with E-state index in [9.17, 15) is 9.59 Å². The number of rotatable bonds is 6. The Labute approximate surface area is 76.8 Å². The number of hydrogen-bond acceptors (Lipinski definition) is 3. The molecule has 0 radical (unpaired) electrons. The Balaban J connectivity index is 3.55. The molecule has 0 aromatic carbocycles. The van der Waals surface area contributed by atoms with Gasteiger partial charge in [0.1, 0.15) is 0 Å². The summed E-state index contributed by atoms with van der Waals surface area (Å²) in [7, 11) is 0. The molecule has 0 aromatic rings. The molecule has 0 aliphatic heterocycles. The van der Waals surface area contributed by atoms with E-state index in [0.717, 1.165) is 0 Å². The zero-order chi connectivity index (χ0) is 10.3. The van der Waals surface area contributed by atoms with Crippen LogP contribution in [-0.4, -0.2) is 34.7 Å². The maximum absolute atomic E-state index is 11.0. The summed E-state index contributed by atoms with van der Waals surface area (Å²) in [6, 6.07) is -0.105. The van der Waals surface area contributed by atoms with Crippen molar-refractivity contribution in [2.24, 2.45) is 0 Å². The zero-order valence-corrected chi connectivity index (χ0v) is 7.62. The molecule has 0 fully saturated rings. The van der Waals surface area contributed by atoms with Gasteiger partial charge in [-0.05, 0) is 13.3 Å². The highest BCUT2D eigenvalue weighted by Crippen LogP contribution is 1.93. The van der Waals surface area contributed by atoms with Crippen LogP contribution >= 0.6 is 0 Å². The first-order valence-electron chi connectivity index (χ1n) is 4.18. The molecule has 0 aromatic heterocycles. The lowest BCUT2D eigenvalue weighted by Crippen LogP contribution is -2.33. The van der Waals surface area contributed by atoms with Crippen LogP contribution in [0.4, 0.5) is 0 Å². The summed E-state index contributed by atoms with van der Waals surface area (Å²) in [4.78, 5) is 21.1. The average Bonchev–Trinajstić information content (AvgIpc) is 2.01. The third-order valence-corrected chi connectivity index (χ3v) is 1.54. The van der Waals surface area contributed by atoms with Crippen LogP contribution in [0.3, 0.4) is 0 Å². The Morgan fingerprint density at radius 2 is 2.00 bits per heavy atom. The zero-order valence-electron chi connectivity index (χ0n) is 7.62. The minimum absolute atomic E-state index is 0.00883. The molecule has 13 heavy (non-hydrogen) atoms. The summed E-state index contributed by atoms with van der Waals surface area (Å²) in [6.07, 6.45) is 0.321. The summed E-state index contributed by atoms with van der Waals surface area (Å²) in [5.74, 6) is -1.27. The van der Waals surface area contributed by atoms with Crippen molar-refractivity contribution in [2.75, 3.05) is 6.61 Å². The molecule has 1 atom stereocenters. The average molecular weight is 189 g/mol. The van der Waals surface area contributed by atoms with E-state index in [1.807, 2.05) is 0 Å². The third-order valence-electron chi connectivity index (χ3n) is 1.54. The largest absolute Gasteiger partial charge is 0.481 e. The van der Waals surface area contributed by atoms with Gasteiger partial charge < -0.3 is 15.5 Å². The molecule has 0 bridgehead atoms. The summed E-state index contributed by atoms with van der Waals surface area (Å²) in [5.41, 5.74) is 0. The van der Waals surface area contributed by atoms with E-state index in [1.165, 1.54) is 0 Å². The molecule has 0 aliphatic carbocycles. The van der Waals surface area contributed by atoms with Crippen molar-refractivity contribution in [3.8, 4) is 0 Å². The van der Waals surface area contributed by atoms with E-state index in [2.05, 4.69) is 5.32 Å². The molecule has 0 rings (SSSR count). The maximum Gasteiger partial charge on any atom is 0.303 e. The van der Waals surface area contributed by atoms with Gasteiger partial charge in [-0.15, -0.1) is 0 Å². The van der Waals surface area contributed by atoms with Gasteiger partial charge in [0.25, 0.3) is 0 Å². The Kier molecular flexibility index (Phi) is 5.88. The van der Waals surface area contributed by atoms with Crippen molar-refractivity contribution in [2.45, 2.75) is 32.2 Å². The Morgan fingerprint density at radius 1 is 1.38 bits per heavy atom. The van der Waals surface area contributed by atoms with E-state index < -0.39 is 5.97 Å². The lowest BCUT2D eigenvalue weighted by Gasteiger charge is -2.11. The van der Waals surface area contributed by atoms with Crippen LogP contribution in [0.15, 0.2) is 0 Å². The Morgan fingerprint density at radius 3 is 2.46 bits per heavy atom. The fourth-order valence-electron chi connectivity index (χ4n) is 0.833. The van der Waals surface area contributed by atoms with E-state index in [0.29, 0.717) is 6.42 Å². The first kappa shape index (κ1) is 11.9.